The molecule has 0 saturated heterocycles. The van der Waals surface area contributed by atoms with Gasteiger partial charge in [0, 0.05) is 22.5 Å². The fraction of sp³-hybridized carbons (Fsp3) is 0.125. The zero-order chi connectivity index (χ0) is 14.7. The number of hydrogen-bond donors (Lipinski definition) is 1. The van der Waals surface area contributed by atoms with Gasteiger partial charge >= 0.3 is 0 Å². The predicted octanol–water partition coefficient (Wildman–Crippen LogP) is 3.72. The lowest BCUT2D eigenvalue weighted by Gasteiger charge is -2.06. The van der Waals surface area contributed by atoms with Gasteiger partial charge in [0.25, 0.3) is 0 Å². The number of nitrogens with zero attached hydrogens (tertiary/aromatic N) is 2. The van der Waals surface area contributed by atoms with Crippen molar-refractivity contribution in [3.8, 4) is 0 Å². The van der Waals surface area contributed by atoms with Crippen LogP contribution in [0.25, 0.3) is 10.9 Å². The smallest absolute Gasteiger partial charge is 0.226 e. The molecule has 1 amide bonds. The van der Waals surface area contributed by atoms with Gasteiger partial charge in [0.15, 0.2) is 0 Å². The molecular weight excluding hydrogens is 286 g/mol. The standard InChI is InChI=1S/C16H14ClN3O/c17-13-6-7-15-12(10-13)11-18-20(15)9-8-16(21)19-14-4-2-1-3-5-14/h1-7,10-11H,8-9H2,(H,19,21). The monoisotopic (exact) mass is 299 g/mol. The van der Waals surface area contributed by atoms with E-state index in [0.717, 1.165) is 16.6 Å². The van der Waals surface area contributed by atoms with E-state index in [1.807, 2.05) is 53.2 Å². The van der Waals surface area contributed by atoms with Gasteiger partial charge in [0.1, 0.15) is 0 Å². The summed E-state index contributed by atoms with van der Waals surface area (Å²) in [6.07, 6.45) is 2.13. The van der Waals surface area contributed by atoms with E-state index in [2.05, 4.69) is 10.4 Å². The van der Waals surface area contributed by atoms with Crippen LogP contribution in [0.3, 0.4) is 0 Å². The molecule has 0 fully saturated rings. The van der Waals surface area contributed by atoms with Crippen LogP contribution in [0.1, 0.15) is 6.42 Å². The summed E-state index contributed by atoms with van der Waals surface area (Å²) in [7, 11) is 0. The lowest BCUT2D eigenvalue weighted by atomic mass is 10.2. The fourth-order valence-electron chi connectivity index (χ4n) is 2.19. The highest BCUT2D eigenvalue weighted by molar-refractivity contribution is 6.31. The third kappa shape index (κ3) is 3.23. The Morgan fingerprint density at radius 1 is 1.19 bits per heavy atom. The minimum Gasteiger partial charge on any atom is -0.326 e. The van der Waals surface area contributed by atoms with Crippen molar-refractivity contribution in [1.82, 2.24) is 9.78 Å². The molecule has 0 aliphatic carbocycles. The molecule has 3 aromatic rings. The Morgan fingerprint density at radius 3 is 2.81 bits per heavy atom. The molecule has 0 atom stereocenters. The van der Waals surface area contributed by atoms with Crippen molar-refractivity contribution < 1.29 is 4.79 Å². The first kappa shape index (κ1) is 13.6. The van der Waals surface area contributed by atoms with Crippen LogP contribution in [0.2, 0.25) is 5.02 Å². The van der Waals surface area contributed by atoms with Gasteiger partial charge in [-0.1, -0.05) is 29.8 Å². The number of para-hydroxylation sites is 1. The van der Waals surface area contributed by atoms with E-state index in [0.29, 0.717) is 18.0 Å². The van der Waals surface area contributed by atoms with Crippen molar-refractivity contribution in [2.75, 3.05) is 5.32 Å². The Labute approximate surface area is 127 Å². The number of benzene rings is 2. The molecule has 0 bridgehead atoms. The molecule has 4 nitrogen and oxygen atoms in total. The van der Waals surface area contributed by atoms with Crippen molar-refractivity contribution in [2.24, 2.45) is 0 Å². The number of fused-ring (bicyclic) bond motifs is 1. The summed E-state index contributed by atoms with van der Waals surface area (Å²) in [6, 6.07) is 15.0. The summed E-state index contributed by atoms with van der Waals surface area (Å²) in [4.78, 5) is 11.9. The molecule has 21 heavy (non-hydrogen) atoms. The van der Waals surface area contributed by atoms with Crippen LogP contribution in [-0.4, -0.2) is 15.7 Å². The molecule has 5 heteroatoms. The van der Waals surface area contributed by atoms with Gasteiger partial charge in [-0.25, -0.2) is 0 Å². The molecule has 0 saturated carbocycles. The number of carbonyl (C=O) groups is 1. The summed E-state index contributed by atoms with van der Waals surface area (Å²) in [5.74, 6) is -0.0289. The third-order valence-electron chi connectivity index (χ3n) is 3.21. The number of hydrogen-bond acceptors (Lipinski definition) is 2. The lowest BCUT2D eigenvalue weighted by molar-refractivity contribution is -0.116. The molecular formula is C16H14ClN3O. The average molecular weight is 300 g/mol. The van der Waals surface area contributed by atoms with E-state index >= 15 is 0 Å². The Morgan fingerprint density at radius 2 is 2.00 bits per heavy atom. The van der Waals surface area contributed by atoms with Gasteiger partial charge in [-0.2, -0.15) is 5.10 Å². The summed E-state index contributed by atoms with van der Waals surface area (Å²) < 4.78 is 1.82. The molecule has 0 unspecified atom stereocenters. The largest absolute Gasteiger partial charge is 0.326 e. The van der Waals surface area contributed by atoms with Crippen LogP contribution in [0.4, 0.5) is 5.69 Å². The van der Waals surface area contributed by atoms with Gasteiger partial charge in [-0.05, 0) is 30.3 Å². The van der Waals surface area contributed by atoms with Gasteiger partial charge in [0.05, 0.1) is 18.3 Å². The van der Waals surface area contributed by atoms with Crippen LogP contribution in [0.5, 0.6) is 0 Å². The highest BCUT2D eigenvalue weighted by Gasteiger charge is 2.06. The van der Waals surface area contributed by atoms with Crippen molar-refractivity contribution in [1.29, 1.82) is 0 Å². The lowest BCUT2D eigenvalue weighted by Crippen LogP contribution is -2.14. The first-order chi connectivity index (χ1) is 10.2. The Bertz CT molecular complexity index is 768. The van der Waals surface area contributed by atoms with Gasteiger partial charge in [0.2, 0.25) is 5.91 Å². The summed E-state index contributed by atoms with van der Waals surface area (Å²) >= 11 is 5.94. The van der Waals surface area contributed by atoms with Crippen LogP contribution in [0.15, 0.2) is 54.7 Å². The second-order valence-electron chi connectivity index (χ2n) is 4.74. The van der Waals surface area contributed by atoms with Gasteiger partial charge in [-0.15, -0.1) is 0 Å². The van der Waals surface area contributed by atoms with Crippen LogP contribution < -0.4 is 5.32 Å². The Hall–Kier alpha value is -2.33. The Kier molecular flexibility index (Phi) is 3.88. The number of aromatic nitrogens is 2. The number of rotatable bonds is 4. The van der Waals surface area contributed by atoms with E-state index < -0.39 is 0 Å². The van der Waals surface area contributed by atoms with E-state index in [1.165, 1.54) is 0 Å². The van der Waals surface area contributed by atoms with Crippen LogP contribution in [-0.2, 0) is 11.3 Å². The molecule has 3 rings (SSSR count). The summed E-state index contributed by atoms with van der Waals surface area (Å²) in [5.41, 5.74) is 1.78. The highest BCUT2D eigenvalue weighted by Crippen LogP contribution is 2.19. The topological polar surface area (TPSA) is 46.9 Å². The predicted molar refractivity (Wildman–Crippen MR) is 84.4 cm³/mol. The minimum absolute atomic E-state index is 0.0289. The van der Waals surface area contributed by atoms with E-state index in [9.17, 15) is 4.79 Å². The van der Waals surface area contributed by atoms with Crippen molar-refractivity contribution >= 4 is 34.1 Å². The maximum absolute atomic E-state index is 11.9. The van der Waals surface area contributed by atoms with Crippen LogP contribution >= 0.6 is 11.6 Å². The normalized spacial score (nSPS) is 10.7. The maximum Gasteiger partial charge on any atom is 0.226 e. The number of aryl methyl sites for hydroxylation is 1. The number of carbonyl (C=O) groups excluding carboxylic acids is 1. The molecule has 2 aromatic carbocycles. The number of anilines is 1. The number of amides is 1. The fourth-order valence-corrected chi connectivity index (χ4v) is 2.37. The molecule has 0 aliphatic heterocycles. The summed E-state index contributed by atoms with van der Waals surface area (Å²) in [5, 5.41) is 8.82. The quantitative estimate of drug-likeness (QED) is 0.798. The van der Waals surface area contributed by atoms with E-state index in [4.69, 9.17) is 11.6 Å². The van der Waals surface area contributed by atoms with Gasteiger partial charge in [-0.3, -0.25) is 9.48 Å². The Balaban J connectivity index is 1.65. The average Bonchev–Trinajstić information content (AvgIpc) is 2.88. The first-order valence-electron chi connectivity index (χ1n) is 6.68. The number of nitrogens with one attached hydrogen (secondary N) is 1. The molecule has 1 heterocycles. The first-order valence-corrected chi connectivity index (χ1v) is 7.06. The molecule has 106 valence electrons. The van der Waals surface area contributed by atoms with E-state index in [-0.39, 0.29) is 5.91 Å². The van der Waals surface area contributed by atoms with Gasteiger partial charge < -0.3 is 5.32 Å². The molecule has 0 spiro atoms. The molecule has 1 aromatic heterocycles. The third-order valence-corrected chi connectivity index (χ3v) is 3.45. The molecule has 0 radical (unpaired) electrons. The van der Waals surface area contributed by atoms with Crippen LogP contribution in [0, 0.1) is 0 Å². The molecule has 1 N–H and O–H groups in total. The zero-order valence-electron chi connectivity index (χ0n) is 11.3. The van der Waals surface area contributed by atoms with Crippen molar-refractivity contribution in [2.45, 2.75) is 13.0 Å². The second-order valence-corrected chi connectivity index (χ2v) is 5.17. The second kappa shape index (κ2) is 5.97. The van der Waals surface area contributed by atoms with E-state index in [1.54, 1.807) is 6.20 Å². The SMILES string of the molecule is O=C(CCn1ncc2cc(Cl)ccc21)Nc1ccccc1. The zero-order valence-corrected chi connectivity index (χ0v) is 12.0. The minimum atomic E-state index is -0.0289. The maximum atomic E-state index is 11.9. The number of halogens is 1. The van der Waals surface area contributed by atoms with Crippen molar-refractivity contribution in [3.63, 3.8) is 0 Å². The molecule has 0 aliphatic rings. The van der Waals surface area contributed by atoms with Crippen molar-refractivity contribution in [3.05, 3.63) is 59.8 Å². The highest BCUT2D eigenvalue weighted by atomic mass is 35.5. The summed E-state index contributed by atoms with van der Waals surface area (Å²) in [6.45, 7) is 0.532.